The van der Waals surface area contributed by atoms with E-state index in [1.54, 1.807) is 6.92 Å². The van der Waals surface area contributed by atoms with Crippen molar-refractivity contribution in [2.75, 3.05) is 6.61 Å². The van der Waals surface area contributed by atoms with E-state index in [1.807, 2.05) is 0 Å². The lowest BCUT2D eigenvalue weighted by molar-refractivity contribution is -0.149. The minimum absolute atomic E-state index is 0.195. The van der Waals surface area contributed by atoms with Crippen LogP contribution in [0.15, 0.2) is 0 Å². The van der Waals surface area contributed by atoms with Gasteiger partial charge in [-0.25, -0.2) is 0 Å². The van der Waals surface area contributed by atoms with E-state index in [9.17, 15) is 9.90 Å². The van der Waals surface area contributed by atoms with Crippen LogP contribution in [0, 0.1) is 5.41 Å². The zero-order chi connectivity index (χ0) is 8.93. The molecule has 2 heterocycles. The first-order valence-corrected chi connectivity index (χ1v) is 3.83. The monoisotopic (exact) mass is 168 g/mol. The predicted octanol–water partition coefficient (Wildman–Crippen LogP) is -1.20. The molecule has 4 atom stereocenters. The van der Waals surface area contributed by atoms with Crippen LogP contribution in [0.5, 0.6) is 0 Å². The van der Waals surface area contributed by atoms with Crippen LogP contribution < -0.4 is 0 Å². The second kappa shape index (κ2) is 2.23. The maximum atomic E-state index is 11.2. The molecular weight excluding hydrogens is 159 g/mol. The lowest BCUT2D eigenvalue weighted by Crippen LogP contribution is -2.41. The van der Waals surface area contributed by atoms with Gasteiger partial charge in [-0.15, -0.1) is 0 Å². The molecule has 2 rings (SSSR count). The van der Waals surface area contributed by atoms with Gasteiger partial charge in [0.05, 0.1) is 6.10 Å². The van der Waals surface area contributed by atoms with E-state index in [0.29, 0.717) is 0 Å². The molecule has 0 spiro atoms. The fourth-order valence-electron chi connectivity index (χ4n) is 1.71. The molecule has 4 nitrogen and oxygen atoms in total. The van der Waals surface area contributed by atoms with Crippen molar-refractivity contribution in [3.63, 3.8) is 0 Å². The predicted molar refractivity (Wildman–Crippen MR) is 39.5 cm³/mol. The standard InChI is InChI=1S/C7H9BO4/c1-7-3(2-11-6(7)10)12-5(8)4(7)9/h3-5,9H,2H2,1H3/t3?,4-,5?,7-/m0/s1. The first kappa shape index (κ1) is 8.07. The second-order valence-electron chi connectivity index (χ2n) is 3.42. The molecule has 0 amide bonds. The van der Waals surface area contributed by atoms with Gasteiger partial charge in [0.1, 0.15) is 26.0 Å². The molecular formula is C7H9BO4. The van der Waals surface area contributed by atoms with Crippen molar-refractivity contribution >= 4 is 13.8 Å². The average Bonchev–Trinajstić information content (AvgIpc) is 2.41. The van der Waals surface area contributed by atoms with E-state index in [-0.39, 0.29) is 6.61 Å². The summed E-state index contributed by atoms with van der Waals surface area (Å²) < 4.78 is 9.91. The topological polar surface area (TPSA) is 55.8 Å². The van der Waals surface area contributed by atoms with E-state index in [0.717, 1.165) is 0 Å². The van der Waals surface area contributed by atoms with E-state index in [4.69, 9.17) is 17.3 Å². The van der Waals surface area contributed by atoms with E-state index < -0.39 is 29.6 Å². The van der Waals surface area contributed by atoms with Crippen molar-refractivity contribution in [2.45, 2.75) is 25.1 Å². The molecule has 5 heteroatoms. The summed E-state index contributed by atoms with van der Waals surface area (Å²) >= 11 is 0. The number of aliphatic hydroxyl groups is 1. The molecule has 0 aromatic carbocycles. The summed E-state index contributed by atoms with van der Waals surface area (Å²) in [5, 5.41) is 9.55. The van der Waals surface area contributed by atoms with Gasteiger partial charge in [0.25, 0.3) is 0 Å². The van der Waals surface area contributed by atoms with Gasteiger partial charge in [-0.3, -0.25) is 4.79 Å². The first-order chi connectivity index (χ1) is 5.56. The molecule has 2 saturated heterocycles. The zero-order valence-electron chi connectivity index (χ0n) is 6.69. The number of carbonyl (C=O) groups is 1. The van der Waals surface area contributed by atoms with Gasteiger partial charge in [0, 0.05) is 6.00 Å². The molecule has 1 N–H and O–H groups in total. The zero-order valence-corrected chi connectivity index (χ0v) is 6.69. The maximum Gasteiger partial charge on any atom is 0.317 e. The van der Waals surface area contributed by atoms with Crippen molar-refractivity contribution in [3.8, 4) is 0 Å². The summed E-state index contributed by atoms with van der Waals surface area (Å²) in [4.78, 5) is 11.2. The summed E-state index contributed by atoms with van der Waals surface area (Å²) in [6.07, 6.45) is -1.35. The largest absolute Gasteiger partial charge is 0.462 e. The minimum Gasteiger partial charge on any atom is -0.462 e. The molecule has 12 heavy (non-hydrogen) atoms. The Hall–Kier alpha value is -0.545. The summed E-state index contributed by atoms with van der Waals surface area (Å²) in [5.41, 5.74) is -0.959. The lowest BCUT2D eigenvalue weighted by atomic mass is 9.77. The highest BCUT2D eigenvalue weighted by atomic mass is 16.6. The van der Waals surface area contributed by atoms with Crippen LogP contribution in [0.25, 0.3) is 0 Å². The van der Waals surface area contributed by atoms with Crippen LogP contribution in [0.1, 0.15) is 6.92 Å². The van der Waals surface area contributed by atoms with E-state index >= 15 is 0 Å². The third kappa shape index (κ3) is 0.729. The van der Waals surface area contributed by atoms with Crippen LogP contribution in [-0.2, 0) is 14.3 Å². The Bertz CT molecular complexity index is 227. The van der Waals surface area contributed by atoms with Crippen molar-refractivity contribution in [3.05, 3.63) is 0 Å². The quantitative estimate of drug-likeness (QED) is 0.364. The van der Waals surface area contributed by atoms with Crippen molar-refractivity contribution in [2.24, 2.45) is 5.41 Å². The fraction of sp³-hybridized carbons (Fsp3) is 0.857. The molecule has 2 unspecified atom stereocenters. The molecule has 0 aromatic rings. The number of cyclic esters (lactones) is 1. The van der Waals surface area contributed by atoms with E-state index in [1.165, 1.54) is 0 Å². The summed E-state index contributed by atoms with van der Waals surface area (Å²) in [7, 11) is 5.44. The number of rotatable bonds is 0. The number of hydrogen-bond acceptors (Lipinski definition) is 4. The third-order valence-electron chi connectivity index (χ3n) is 2.72. The van der Waals surface area contributed by atoms with Gasteiger partial charge in [-0.2, -0.15) is 0 Å². The molecule has 0 aliphatic carbocycles. The average molecular weight is 168 g/mol. The summed E-state index contributed by atoms with van der Waals surface area (Å²) in [5.74, 6) is -0.423. The molecule has 0 bridgehead atoms. The Morgan fingerprint density at radius 1 is 1.75 bits per heavy atom. The normalized spacial score (nSPS) is 52.2. The second-order valence-corrected chi connectivity index (χ2v) is 3.42. The minimum atomic E-state index is -0.961. The van der Waals surface area contributed by atoms with Gasteiger partial charge >= 0.3 is 5.97 Å². The number of fused-ring (bicyclic) bond motifs is 1. The Kier molecular flexibility index (Phi) is 1.50. The van der Waals surface area contributed by atoms with Gasteiger partial charge in [0.2, 0.25) is 0 Å². The molecule has 2 radical (unpaired) electrons. The van der Waals surface area contributed by atoms with Crippen molar-refractivity contribution < 1.29 is 19.4 Å². The van der Waals surface area contributed by atoms with Gasteiger partial charge in [-0.1, -0.05) is 0 Å². The molecule has 2 fully saturated rings. The third-order valence-corrected chi connectivity index (χ3v) is 2.72. The Morgan fingerprint density at radius 2 is 2.42 bits per heavy atom. The van der Waals surface area contributed by atoms with Gasteiger partial charge < -0.3 is 14.6 Å². The number of carbonyl (C=O) groups excluding carboxylic acids is 1. The number of esters is 1. The smallest absolute Gasteiger partial charge is 0.317 e. The number of ether oxygens (including phenoxy) is 2. The fourth-order valence-corrected chi connectivity index (χ4v) is 1.71. The highest BCUT2D eigenvalue weighted by Gasteiger charge is 2.61. The number of hydrogen-bond donors (Lipinski definition) is 1. The maximum absolute atomic E-state index is 11.2. The lowest BCUT2D eigenvalue weighted by Gasteiger charge is -2.21. The molecule has 0 aromatic heterocycles. The van der Waals surface area contributed by atoms with Gasteiger partial charge in [-0.05, 0) is 6.92 Å². The SMILES string of the molecule is [B]C1OC2COC(=O)[C@]2(C)[C@H]1O. The van der Waals surface area contributed by atoms with Crippen LogP contribution in [-0.4, -0.2) is 43.7 Å². The summed E-state index contributed by atoms with van der Waals surface area (Å²) in [6.45, 7) is 1.81. The molecule has 64 valence electrons. The van der Waals surface area contributed by atoms with Crippen LogP contribution >= 0.6 is 0 Å². The van der Waals surface area contributed by atoms with Gasteiger partial charge in [0.15, 0.2) is 0 Å². The van der Waals surface area contributed by atoms with Crippen LogP contribution in [0.3, 0.4) is 0 Å². The first-order valence-electron chi connectivity index (χ1n) is 3.83. The number of aliphatic hydroxyl groups excluding tert-OH is 1. The molecule has 2 aliphatic heterocycles. The van der Waals surface area contributed by atoms with Crippen molar-refractivity contribution in [1.29, 1.82) is 0 Å². The molecule has 2 aliphatic rings. The highest BCUT2D eigenvalue weighted by Crippen LogP contribution is 2.42. The molecule has 0 saturated carbocycles. The summed E-state index contributed by atoms with van der Waals surface area (Å²) in [6, 6.07) is -0.771. The van der Waals surface area contributed by atoms with E-state index in [2.05, 4.69) is 0 Å². The highest BCUT2D eigenvalue weighted by molar-refractivity contribution is 6.12. The Morgan fingerprint density at radius 3 is 3.00 bits per heavy atom. The van der Waals surface area contributed by atoms with Crippen LogP contribution in [0.2, 0.25) is 0 Å². The van der Waals surface area contributed by atoms with Crippen LogP contribution in [0.4, 0.5) is 0 Å². The Labute approximate surface area is 71.3 Å². The Balaban J connectivity index is 2.34. The van der Waals surface area contributed by atoms with Crippen molar-refractivity contribution in [1.82, 2.24) is 0 Å².